The molecule has 6 nitrogen and oxygen atoms in total. The van der Waals surface area contributed by atoms with Crippen molar-refractivity contribution in [3.63, 3.8) is 0 Å². The van der Waals surface area contributed by atoms with Crippen LogP contribution in [-0.2, 0) is 16.6 Å². The van der Waals surface area contributed by atoms with Gasteiger partial charge < -0.3 is 14.6 Å². The van der Waals surface area contributed by atoms with Crippen LogP contribution in [0.15, 0.2) is 60.8 Å². The lowest BCUT2D eigenvalue weighted by Gasteiger charge is -2.71. The topological polar surface area (TPSA) is 59.8 Å². The molecule has 7 heteroatoms. The zero-order valence-corrected chi connectivity index (χ0v) is 22.8. The highest BCUT2D eigenvalue weighted by Gasteiger charge is 2.79. The summed E-state index contributed by atoms with van der Waals surface area (Å²) in [4.78, 5) is 2.80. The number of benzene rings is 2. The molecule has 1 saturated heterocycles. The lowest BCUT2D eigenvalue weighted by molar-refractivity contribution is -0.200. The second kappa shape index (κ2) is 7.48. The minimum Gasteiger partial charge on any atom is -0.504 e. The first kappa shape index (κ1) is 23.0. The van der Waals surface area contributed by atoms with Gasteiger partial charge in [0.1, 0.15) is 11.7 Å². The molecule has 1 aromatic heterocycles. The Balaban J connectivity index is 1.27. The van der Waals surface area contributed by atoms with Gasteiger partial charge >= 0.3 is 0 Å². The number of phenols is 1. The van der Waals surface area contributed by atoms with Gasteiger partial charge in [-0.1, -0.05) is 35.9 Å². The minimum absolute atomic E-state index is 0.0217. The normalized spacial score (nSPS) is 37.1. The maximum absolute atomic E-state index is 11.1. The van der Waals surface area contributed by atoms with Crippen molar-refractivity contribution in [3.05, 3.63) is 82.7 Å². The first-order chi connectivity index (χ1) is 19.0. The van der Waals surface area contributed by atoms with E-state index in [1.54, 1.807) is 0 Å². The fraction of sp³-hybridized carbons (Fsp3) is 0.469. The Hall–Kier alpha value is -2.80. The van der Waals surface area contributed by atoms with E-state index in [0.29, 0.717) is 16.8 Å². The number of aromatic hydroxyl groups is 1. The number of hydrogen-bond donors (Lipinski definition) is 1. The second-order valence-electron chi connectivity index (χ2n) is 12.7. The van der Waals surface area contributed by atoms with Gasteiger partial charge in [0.25, 0.3) is 0 Å². The van der Waals surface area contributed by atoms with Crippen LogP contribution in [0, 0.1) is 11.3 Å². The molecule has 10 rings (SSSR count). The molecule has 4 bridgehead atoms. The number of piperidine rings is 1. The maximum Gasteiger partial charge on any atom is 0.165 e. The molecule has 0 amide bonds. The molecule has 1 N–H and O–H groups in total. The number of fused-ring (bicyclic) bond motifs is 1. The molecule has 2 aromatic carbocycles. The van der Waals surface area contributed by atoms with Crippen LogP contribution in [0.5, 0.6) is 11.5 Å². The third-order valence-electron chi connectivity index (χ3n) is 11.2. The van der Waals surface area contributed by atoms with E-state index in [-0.39, 0.29) is 28.6 Å². The predicted molar refractivity (Wildman–Crippen MR) is 148 cm³/mol. The average Bonchev–Trinajstić information content (AvgIpc) is 3.48. The van der Waals surface area contributed by atoms with Crippen molar-refractivity contribution in [1.29, 1.82) is 0 Å². The van der Waals surface area contributed by atoms with E-state index < -0.39 is 5.60 Å². The zero-order chi connectivity index (χ0) is 26.1. The van der Waals surface area contributed by atoms with Crippen molar-refractivity contribution in [2.45, 2.75) is 61.2 Å². The standard InChI is InChI=1S/C32H32ClN3O3/c1-38-32-11-10-30(17-23(32)24-9-13-34-36(24)22-4-2-3-21(33)16-22)26-15-20-7-8-25(37)28-27(20)31(30,29(32)39-28)12-14-35(26)18-19-5-6-19/h2-4,7-11,13,16,19,23,26,29,37H,5-6,12,14-15,17-18H2,1H3/t23-,26-,29-,30-,31+,32-/m1/s1. The van der Waals surface area contributed by atoms with Gasteiger partial charge in [-0.3, -0.25) is 4.90 Å². The summed E-state index contributed by atoms with van der Waals surface area (Å²) in [6.07, 6.45) is 12.1. The number of halogens is 1. The van der Waals surface area contributed by atoms with Crippen LogP contribution in [-0.4, -0.2) is 57.7 Å². The SMILES string of the molecule is CO[C@]12C=C[C@@]3(C[C@@H]1c1ccnn1-c1cccc(Cl)c1)[C@H]1Cc4ccc(O)c5c4[C@@]3(CCN1CC1CC1)[C@H]2O5. The summed E-state index contributed by atoms with van der Waals surface area (Å²) < 4.78 is 15.6. The van der Waals surface area contributed by atoms with Crippen molar-refractivity contribution in [2.75, 3.05) is 20.2 Å². The molecular formula is C32H32ClN3O3. The minimum atomic E-state index is -0.693. The summed E-state index contributed by atoms with van der Waals surface area (Å²) in [5.74, 6) is 1.79. The van der Waals surface area contributed by atoms with Crippen molar-refractivity contribution < 1.29 is 14.6 Å². The number of phenolic OH excluding ortho intramolecular Hbond substituents is 1. The highest BCUT2D eigenvalue weighted by Crippen LogP contribution is 2.76. The van der Waals surface area contributed by atoms with Crippen molar-refractivity contribution in [2.24, 2.45) is 11.3 Å². The van der Waals surface area contributed by atoms with Gasteiger partial charge in [0, 0.05) is 47.8 Å². The smallest absolute Gasteiger partial charge is 0.165 e. The number of aromatic nitrogens is 2. The lowest BCUT2D eigenvalue weighted by Crippen LogP contribution is -2.78. The van der Waals surface area contributed by atoms with Crippen molar-refractivity contribution in [3.8, 4) is 17.2 Å². The van der Waals surface area contributed by atoms with Gasteiger partial charge in [-0.25, -0.2) is 4.68 Å². The molecule has 6 atom stereocenters. The molecule has 39 heavy (non-hydrogen) atoms. The third-order valence-corrected chi connectivity index (χ3v) is 11.4. The average molecular weight is 542 g/mol. The van der Waals surface area contributed by atoms with Gasteiger partial charge in [-0.05, 0) is 80.5 Å². The molecule has 2 aliphatic heterocycles. The Morgan fingerprint density at radius 2 is 2.08 bits per heavy atom. The monoisotopic (exact) mass is 541 g/mol. The van der Waals surface area contributed by atoms with Gasteiger partial charge in [-0.15, -0.1) is 0 Å². The van der Waals surface area contributed by atoms with E-state index in [0.717, 1.165) is 43.1 Å². The molecular weight excluding hydrogens is 510 g/mol. The number of rotatable bonds is 5. The Kier molecular flexibility index (Phi) is 4.40. The Morgan fingerprint density at radius 3 is 2.90 bits per heavy atom. The summed E-state index contributed by atoms with van der Waals surface area (Å²) in [5.41, 5.74) is 3.62. The number of ether oxygens (including phenoxy) is 2. The summed E-state index contributed by atoms with van der Waals surface area (Å²) in [6, 6.07) is 14.4. The summed E-state index contributed by atoms with van der Waals surface area (Å²) >= 11 is 6.41. The first-order valence-electron chi connectivity index (χ1n) is 14.3. The molecule has 200 valence electrons. The van der Waals surface area contributed by atoms with E-state index in [1.807, 2.05) is 42.3 Å². The summed E-state index contributed by atoms with van der Waals surface area (Å²) in [6.45, 7) is 2.25. The first-order valence-corrected chi connectivity index (χ1v) is 14.7. The molecule has 0 radical (unpaired) electrons. The van der Waals surface area contributed by atoms with Crippen molar-refractivity contribution in [1.82, 2.24) is 14.7 Å². The highest BCUT2D eigenvalue weighted by molar-refractivity contribution is 6.30. The molecule has 2 saturated carbocycles. The van der Waals surface area contributed by atoms with Crippen LogP contribution in [0.4, 0.5) is 0 Å². The largest absolute Gasteiger partial charge is 0.504 e. The van der Waals surface area contributed by atoms with Crippen LogP contribution < -0.4 is 4.74 Å². The van der Waals surface area contributed by atoms with E-state index >= 15 is 0 Å². The molecule has 7 aliphatic rings. The molecule has 3 heterocycles. The van der Waals surface area contributed by atoms with Gasteiger partial charge in [0.05, 0.1) is 16.8 Å². The van der Waals surface area contributed by atoms with E-state index in [1.165, 1.54) is 30.5 Å². The van der Waals surface area contributed by atoms with E-state index in [4.69, 9.17) is 26.2 Å². The molecule has 3 fully saturated rings. The second-order valence-corrected chi connectivity index (χ2v) is 13.1. The number of likely N-dealkylation sites (tertiary alicyclic amines) is 1. The highest BCUT2D eigenvalue weighted by atomic mass is 35.5. The fourth-order valence-electron chi connectivity index (χ4n) is 9.51. The van der Waals surface area contributed by atoms with Gasteiger partial charge in [-0.2, -0.15) is 5.10 Å². The van der Waals surface area contributed by atoms with E-state index in [2.05, 4.69) is 35.3 Å². The van der Waals surface area contributed by atoms with Crippen molar-refractivity contribution >= 4 is 11.6 Å². The van der Waals surface area contributed by atoms with Crippen LogP contribution in [0.2, 0.25) is 5.02 Å². The van der Waals surface area contributed by atoms with Crippen LogP contribution in [0.25, 0.3) is 5.69 Å². The molecule has 5 aliphatic carbocycles. The molecule has 2 spiro atoms. The maximum atomic E-state index is 11.1. The van der Waals surface area contributed by atoms with Crippen LogP contribution >= 0.6 is 11.6 Å². The summed E-state index contributed by atoms with van der Waals surface area (Å²) in [5, 5.41) is 16.5. The van der Waals surface area contributed by atoms with Gasteiger partial charge in [0.15, 0.2) is 11.5 Å². The third kappa shape index (κ3) is 2.64. The Bertz CT molecular complexity index is 1560. The number of hydrogen-bond acceptors (Lipinski definition) is 5. The van der Waals surface area contributed by atoms with Gasteiger partial charge in [0.2, 0.25) is 0 Å². The lowest BCUT2D eigenvalue weighted by atomic mass is 9.37. The quantitative estimate of drug-likeness (QED) is 0.438. The Labute approximate surface area is 233 Å². The number of methoxy groups -OCH3 is 1. The Morgan fingerprint density at radius 1 is 1.18 bits per heavy atom. The van der Waals surface area contributed by atoms with Crippen LogP contribution in [0.3, 0.4) is 0 Å². The van der Waals surface area contributed by atoms with E-state index in [9.17, 15) is 5.11 Å². The summed E-state index contributed by atoms with van der Waals surface area (Å²) in [7, 11) is 1.82. The zero-order valence-electron chi connectivity index (χ0n) is 22.0. The molecule has 0 unspecified atom stereocenters. The number of nitrogens with zero attached hydrogens (tertiary/aromatic N) is 3. The fourth-order valence-corrected chi connectivity index (χ4v) is 9.70. The predicted octanol–water partition coefficient (Wildman–Crippen LogP) is 5.40. The molecule has 3 aromatic rings. The van der Waals surface area contributed by atoms with Crippen LogP contribution in [0.1, 0.15) is 48.4 Å².